The van der Waals surface area contributed by atoms with E-state index in [1.165, 1.54) is 12.3 Å². The lowest BCUT2D eigenvalue weighted by atomic mass is 9.95. The number of aromatic nitrogens is 1. The molecule has 0 amide bonds. The van der Waals surface area contributed by atoms with Crippen molar-refractivity contribution < 1.29 is 22.4 Å². The van der Waals surface area contributed by atoms with Crippen LogP contribution in [0.4, 0.5) is 13.2 Å². The zero-order chi connectivity index (χ0) is 22.3. The highest BCUT2D eigenvalue weighted by molar-refractivity contribution is 6.09. The van der Waals surface area contributed by atoms with Gasteiger partial charge in [0.25, 0.3) is 0 Å². The first-order chi connectivity index (χ1) is 14.6. The maximum atomic E-state index is 13.2. The number of nitrogens with zero attached hydrogens (tertiary/aromatic N) is 1. The molecular formula is C24H20F3NO3. The molecule has 2 aromatic heterocycles. The van der Waals surface area contributed by atoms with Crippen LogP contribution in [-0.2, 0) is 19.1 Å². The summed E-state index contributed by atoms with van der Waals surface area (Å²) in [5, 5.41) is 0. The topological polar surface area (TPSA) is 52.2 Å². The van der Waals surface area contributed by atoms with Gasteiger partial charge in [0.2, 0.25) is 5.76 Å². The number of benzene rings is 1. The number of pyridine rings is 1. The van der Waals surface area contributed by atoms with Crippen molar-refractivity contribution >= 4 is 11.9 Å². The van der Waals surface area contributed by atoms with Crippen molar-refractivity contribution in [2.75, 3.05) is 0 Å². The van der Waals surface area contributed by atoms with E-state index >= 15 is 0 Å². The minimum absolute atomic E-state index is 0.0000889. The molecule has 0 aliphatic heterocycles. The maximum Gasteiger partial charge on any atom is 0.449 e. The Hall–Kier alpha value is -3.35. The minimum Gasteiger partial charge on any atom is -0.455 e. The molecule has 4 nitrogen and oxygen atoms in total. The molecule has 0 fully saturated rings. The van der Waals surface area contributed by atoms with Gasteiger partial charge in [-0.3, -0.25) is 9.59 Å². The van der Waals surface area contributed by atoms with Gasteiger partial charge in [-0.25, -0.2) is 0 Å². The Labute approximate surface area is 176 Å². The highest BCUT2D eigenvalue weighted by atomic mass is 19.4. The number of allylic oxidation sites excluding steroid dienone is 1. The SMILES string of the molecule is Cc1ccc(C(=O)c2cn(Cc3ccc(C(F)(F)F)o3)c3c(c2=O)CCC=C3)cc1C. The Bertz CT molecular complexity index is 1260. The second-order valence-electron chi connectivity index (χ2n) is 7.70. The van der Waals surface area contributed by atoms with Gasteiger partial charge in [-0.2, -0.15) is 13.2 Å². The molecule has 0 N–H and O–H groups in total. The molecule has 4 rings (SSSR count). The first kappa shape index (κ1) is 20.9. The number of rotatable bonds is 4. The number of aryl methyl sites for hydroxylation is 2. The summed E-state index contributed by atoms with van der Waals surface area (Å²) in [4.78, 5) is 26.2. The van der Waals surface area contributed by atoms with E-state index in [0.29, 0.717) is 29.7 Å². The fourth-order valence-electron chi connectivity index (χ4n) is 3.71. The van der Waals surface area contributed by atoms with Crippen molar-refractivity contribution in [1.29, 1.82) is 0 Å². The normalized spacial score (nSPS) is 13.3. The number of hydrogen-bond donors (Lipinski definition) is 0. The fraction of sp³-hybridized carbons (Fsp3) is 0.250. The first-order valence-corrected chi connectivity index (χ1v) is 9.86. The Morgan fingerprint density at radius 2 is 1.90 bits per heavy atom. The van der Waals surface area contributed by atoms with Crippen molar-refractivity contribution in [2.45, 2.75) is 39.4 Å². The summed E-state index contributed by atoms with van der Waals surface area (Å²) in [7, 11) is 0. The van der Waals surface area contributed by atoms with Crippen LogP contribution in [0.2, 0.25) is 0 Å². The molecule has 0 saturated carbocycles. The van der Waals surface area contributed by atoms with E-state index in [0.717, 1.165) is 17.2 Å². The molecule has 0 spiro atoms. The number of fused-ring (bicyclic) bond motifs is 1. The van der Waals surface area contributed by atoms with Crippen molar-refractivity contribution in [3.8, 4) is 0 Å². The van der Waals surface area contributed by atoms with Crippen LogP contribution in [0.15, 0.2) is 51.8 Å². The Kier molecular flexibility index (Phi) is 5.21. The number of halogens is 3. The van der Waals surface area contributed by atoms with Gasteiger partial charge in [-0.05, 0) is 62.1 Å². The van der Waals surface area contributed by atoms with Crippen LogP contribution in [0, 0.1) is 13.8 Å². The average Bonchev–Trinajstić information content (AvgIpc) is 3.21. The zero-order valence-corrected chi connectivity index (χ0v) is 17.0. The van der Waals surface area contributed by atoms with Crippen LogP contribution >= 0.6 is 0 Å². The quantitative estimate of drug-likeness (QED) is 0.530. The van der Waals surface area contributed by atoms with Gasteiger partial charge in [-0.1, -0.05) is 18.2 Å². The molecule has 7 heteroatoms. The molecule has 0 unspecified atom stereocenters. The first-order valence-electron chi connectivity index (χ1n) is 9.86. The van der Waals surface area contributed by atoms with Crippen molar-refractivity contribution in [3.63, 3.8) is 0 Å². The molecule has 0 bridgehead atoms. The Balaban J connectivity index is 1.80. The smallest absolute Gasteiger partial charge is 0.449 e. The molecule has 1 aliphatic rings. The monoisotopic (exact) mass is 427 g/mol. The summed E-state index contributed by atoms with van der Waals surface area (Å²) in [6.45, 7) is 3.79. The van der Waals surface area contributed by atoms with E-state index in [4.69, 9.17) is 4.42 Å². The van der Waals surface area contributed by atoms with Crippen LogP contribution in [0.5, 0.6) is 0 Å². The number of alkyl halides is 3. The van der Waals surface area contributed by atoms with Gasteiger partial charge in [0.05, 0.1) is 12.1 Å². The van der Waals surface area contributed by atoms with E-state index in [-0.39, 0.29) is 23.3 Å². The van der Waals surface area contributed by atoms with E-state index < -0.39 is 17.7 Å². The van der Waals surface area contributed by atoms with E-state index in [1.54, 1.807) is 22.8 Å². The number of furan rings is 1. The Morgan fingerprint density at radius 1 is 1.13 bits per heavy atom. The highest BCUT2D eigenvalue weighted by Crippen LogP contribution is 2.31. The second kappa shape index (κ2) is 7.72. The lowest BCUT2D eigenvalue weighted by molar-refractivity contribution is -0.153. The van der Waals surface area contributed by atoms with Crippen molar-refractivity contribution in [1.82, 2.24) is 4.57 Å². The summed E-state index contributed by atoms with van der Waals surface area (Å²) in [5.74, 6) is -1.41. The lowest BCUT2D eigenvalue weighted by Gasteiger charge is -2.18. The van der Waals surface area contributed by atoms with Gasteiger partial charge in [0, 0.05) is 23.0 Å². The molecule has 1 aliphatic carbocycles. The molecule has 160 valence electrons. The molecule has 3 aromatic rings. The fourth-order valence-corrected chi connectivity index (χ4v) is 3.71. The predicted molar refractivity (Wildman–Crippen MR) is 110 cm³/mol. The molecule has 0 saturated heterocycles. The maximum absolute atomic E-state index is 13.2. The second-order valence-corrected chi connectivity index (χ2v) is 7.70. The van der Waals surface area contributed by atoms with Crippen molar-refractivity contribution in [2.24, 2.45) is 0 Å². The van der Waals surface area contributed by atoms with E-state index in [2.05, 4.69) is 0 Å². The molecule has 0 atom stereocenters. The van der Waals surface area contributed by atoms with Gasteiger partial charge in [0.1, 0.15) is 5.76 Å². The van der Waals surface area contributed by atoms with E-state index in [9.17, 15) is 22.8 Å². The molecule has 0 radical (unpaired) electrons. The summed E-state index contributed by atoms with van der Waals surface area (Å²) in [6, 6.07) is 7.37. The number of hydrogen-bond acceptors (Lipinski definition) is 3. The predicted octanol–water partition coefficient (Wildman–Crippen LogP) is 5.32. The standard InChI is InChI=1S/C24H20F3NO3/c1-14-7-8-16(11-15(14)2)22(29)19-13-28(20-6-4-3-5-18(20)23(19)30)12-17-9-10-21(31-17)24(25,26)27/h4,6-11,13H,3,5,12H2,1-2H3. The van der Waals surface area contributed by atoms with Gasteiger partial charge >= 0.3 is 6.18 Å². The summed E-state index contributed by atoms with van der Waals surface area (Å²) >= 11 is 0. The third-order valence-electron chi connectivity index (χ3n) is 5.54. The minimum atomic E-state index is -4.58. The highest BCUT2D eigenvalue weighted by Gasteiger charge is 2.34. The van der Waals surface area contributed by atoms with Crippen molar-refractivity contribution in [3.05, 3.63) is 97.9 Å². The number of carbonyl (C=O) groups is 1. The van der Waals surface area contributed by atoms with Crippen LogP contribution < -0.4 is 5.43 Å². The molecular weight excluding hydrogens is 407 g/mol. The molecule has 31 heavy (non-hydrogen) atoms. The number of ketones is 1. The number of carbonyl (C=O) groups excluding carboxylic acids is 1. The van der Waals surface area contributed by atoms with Gasteiger partial charge in [-0.15, -0.1) is 0 Å². The largest absolute Gasteiger partial charge is 0.455 e. The average molecular weight is 427 g/mol. The third kappa shape index (κ3) is 4.00. The summed E-state index contributed by atoms with van der Waals surface area (Å²) in [5.41, 5.74) is 3.09. The van der Waals surface area contributed by atoms with Crippen LogP contribution in [-0.4, -0.2) is 10.4 Å². The van der Waals surface area contributed by atoms with Gasteiger partial charge in [0.15, 0.2) is 11.2 Å². The van der Waals surface area contributed by atoms with E-state index in [1.807, 2.05) is 26.0 Å². The van der Waals surface area contributed by atoms with Crippen LogP contribution in [0.3, 0.4) is 0 Å². The summed E-state index contributed by atoms with van der Waals surface area (Å²) in [6.07, 6.45) is 1.62. The van der Waals surface area contributed by atoms with Gasteiger partial charge < -0.3 is 8.98 Å². The summed E-state index contributed by atoms with van der Waals surface area (Å²) < 4.78 is 45.2. The lowest BCUT2D eigenvalue weighted by Crippen LogP contribution is -2.26. The van der Waals surface area contributed by atoms with Crippen LogP contribution in [0.25, 0.3) is 6.08 Å². The van der Waals surface area contributed by atoms with Crippen LogP contribution in [0.1, 0.15) is 56.2 Å². The third-order valence-corrected chi connectivity index (χ3v) is 5.54. The molecule has 2 heterocycles. The Morgan fingerprint density at radius 3 is 2.58 bits per heavy atom. The molecule has 1 aromatic carbocycles. The zero-order valence-electron chi connectivity index (χ0n) is 17.0.